The van der Waals surface area contributed by atoms with E-state index in [2.05, 4.69) is 5.32 Å². The van der Waals surface area contributed by atoms with Crippen molar-refractivity contribution in [1.29, 1.82) is 0 Å². The molecule has 3 aromatic carbocycles. The fourth-order valence-corrected chi connectivity index (χ4v) is 5.05. The van der Waals surface area contributed by atoms with E-state index in [-0.39, 0.29) is 18.4 Å². The second-order valence-corrected chi connectivity index (χ2v) is 11.2. The minimum atomic E-state index is -4.17. The van der Waals surface area contributed by atoms with Crippen LogP contribution >= 0.6 is 23.2 Å². The number of carbonyl (C=O) groups is 1. The van der Waals surface area contributed by atoms with Crippen LogP contribution in [0.2, 0.25) is 10.0 Å². The van der Waals surface area contributed by atoms with E-state index in [1.165, 1.54) is 12.1 Å². The third-order valence-electron chi connectivity index (χ3n) is 6.07. The molecule has 38 heavy (non-hydrogen) atoms. The Bertz CT molecular complexity index is 1570. The Kier molecular flexibility index (Phi) is 8.22. The topological polar surface area (TPSA) is 101 Å². The molecular formula is C27H24Cl2FN3O4S. The van der Waals surface area contributed by atoms with Gasteiger partial charge in [-0.2, -0.15) is 13.5 Å². The highest BCUT2D eigenvalue weighted by atomic mass is 35.5. The highest BCUT2D eigenvalue weighted by Gasteiger charge is 2.22. The van der Waals surface area contributed by atoms with Gasteiger partial charge >= 0.3 is 0 Å². The maximum absolute atomic E-state index is 13.7. The standard InChI is InChI=1S/C27H24Cl2FN3O4S/c1-16-25(21-13-22(28)15-23(29)14-21)32-33(26(16)19-7-9-24(30)10-8-19)17(2)18-3-5-20(6-4-18)27(34)31-11-12-38(35,36)37/h3-10,13-15,17H,11-12H2,1-2H3,(H,31,34)(H,35,36,37). The van der Waals surface area contributed by atoms with Crippen molar-refractivity contribution in [2.75, 3.05) is 12.3 Å². The van der Waals surface area contributed by atoms with Crippen LogP contribution in [0.4, 0.5) is 4.39 Å². The van der Waals surface area contributed by atoms with Gasteiger partial charge in [0.2, 0.25) is 0 Å². The van der Waals surface area contributed by atoms with Crippen LogP contribution in [-0.2, 0) is 10.1 Å². The van der Waals surface area contributed by atoms with Gasteiger partial charge in [-0.15, -0.1) is 0 Å². The Labute approximate surface area is 230 Å². The summed E-state index contributed by atoms with van der Waals surface area (Å²) in [6, 6.07) is 17.9. The van der Waals surface area contributed by atoms with Crippen molar-refractivity contribution in [2.24, 2.45) is 0 Å². The smallest absolute Gasteiger partial charge is 0.266 e. The van der Waals surface area contributed by atoms with E-state index >= 15 is 0 Å². The number of aromatic nitrogens is 2. The van der Waals surface area contributed by atoms with Crippen molar-refractivity contribution in [2.45, 2.75) is 19.9 Å². The summed E-state index contributed by atoms with van der Waals surface area (Å²) in [4.78, 5) is 12.4. The molecule has 1 atom stereocenters. The van der Waals surface area contributed by atoms with Gasteiger partial charge in [-0.25, -0.2) is 4.39 Å². The molecule has 0 aliphatic carbocycles. The van der Waals surface area contributed by atoms with Crippen LogP contribution in [-0.4, -0.2) is 41.0 Å². The predicted octanol–water partition coefficient (Wildman–Crippen LogP) is 6.20. The molecule has 198 valence electrons. The van der Waals surface area contributed by atoms with Crippen molar-refractivity contribution in [3.8, 4) is 22.5 Å². The summed E-state index contributed by atoms with van der Waals surface area (Å²) in [5, 5.41) is 8.32. The van der Waals surface area contributed by atoms with Gasteiger partial charge in [0, 0.05) is 38.8 Å². The Hall–Kier alpha value is -3.24. The van der Waals surface area contributed by atoms with Crippen LogP contribution in [0.15, 0.2) is 66.7 Å². The van der Waals surface area contributed by atoms with Gasteiger partial charge < -0.3 is 5.32 Å². The van der Waals surface area contributed by atoms with E-state index < -0.39 is 21.8 Å². The first-order valence-corrected chi connectivity index (χ1v) is 13.9. The summed E-state index contributed by atoms with van der Waals surface area (Å²) in [6.45, 7) is 3.67. The van der Waals surface area contributed by atoms with Crippen LogP contribution in [0.5, 0.6) is 0 Å². The van der Waals surface area contributed by atoms with Crippen molar-refractivity contribution in [3.63, 3.8) is 0 Å². The normalized spacial score (nSPS) is 12.4. The molecule has 0 fully saturated rings. The van der Waals surface area contributed by atoms with Crippen LogP contribution in [0.3, 0.4) is 0 Å². The summed E-state index contributed by atoms with van der Waals surface area (Å²) >= 11 is 12.5. The number of benzene rings is 3. The van der Waals surface area contributed by atoms with Crippen LogP contribution in [0.1, 0.15) is 34.5 Å². The first-order chi connectivity index (χ1) is 17.9. The quantitative estimate of drug-likeness (QED) is 0.244. The summed E-state index contributed by atoms with van der Waals surface area (Å²) in [7, 11) is -4.17. The lowest BCUT2D eigenvalue weighted by Crippen LogP contribution is -2.28. The van der Waals surface area contributed by atoms with Crippen molar-refractivity contribution in [3.05, 3.63) is 99.3 Å². The molecule has 11 heteroatoms. The van der Waals surface area contributed by atoms with E-state index in [0.29, 0.717) is 21.3 Å². The minimum Gasteiger partial charge on any atom is -0.351 e. The Balaban J connectivity index is 1.70. The average Bonchev–Trinajstić information content (AvgIpc) is 3.19. The summed E-state index contributed by atoms with van der Waals surface area (Å²) in [5.74, 6) is -1.38. The molecule has 0 aliphatic rings. The lowest BCUT2D eigenvalue weighted by molar-refractivity contribution is 0.0956. The van der Waals surface area contributed by atoms with Crippen LogP contribution in [0.25, 0.3) is 22.5 Å². The van der Waals surface area contributed by atoms with E-state index in [1.54, 1.807) is 54.6 Å². The third-order valence-corrected chi connectivity index (χ3v) is 7.23. The zero-order valence-electron chi connectivity index (χ0n) is 20.5. The van der Waals surface area contributed by atoms with Crippen LogP contribution < -0.4 is 5.32 Å². The van der Waals surface area contributed by atoms with E-state index in [1.807, 2.05) is 18.5 Å². The first kappa shape index (κ1) is 27.8. The van der Waals surface area contributed by atoms with E-state index in [4.69, 9.17) is 32.9 Å². The third kappa shape index (κ3) is 6.42. The molecule has 2 N–H and O–H groups in total. The Morgan fingerprint density at radius 2 is 1.63 bits per heavy atom. The molecule has 0 saturated heterocycles. The van der Waals surface area contributed by atoms with Crippen LogP contribution in [0, 0.1) is 12.7 Å². The van der Waals surface area contributed by atoms with E-state index in [9.17, 15) is 17.6 Å². The first-order valence-electron chi connectivity index (χ1n) is 11.6. The summed E-state index contributed by atoms with van der Waals surface area (Å²) in [6.07, 6.45) is 0. The molecule has 0 aliphatic heterocycles. The number of hydrogen-bond acceptors (Lipinski definition) is 4. The predicted molar refractivity (Wildman–Crippen MR) is 147 cm³/mol. The lowest BCUT2D eigenvalue weighted by Gasteiger charge is -2.17. The second kappa shape index (κ2) is 11.2. The number of nitrogens with zero attached hydrogens (tertiary/aromatic N) is 2. The fraction of sp³-hybridized carbons (Fsp3) is 0.185. The molecular weight excluding hydrogens is 552 g/mol. The monoisotopic (exact) mass is 575 g/mol. The molecule has 4 rings (SSSR count). The molecule has 4 aromatic rings. The SMILES string of the molecule is Cc1c(-c2cc(Cl)cc(Cl)c2)nn(C(C)c2ccc(C(=O)NCCS(=O)(=O)O)cc2)c1-c1ccc(F)cc1. The number of amides is 1. The van der Waals surface area contributed by atoms with Gasteiger partial charge in [0.25, 0.3) is 16.0 Å². The highest BCUT2D eigenvalue weighted by Crippen LogP contribution is 2.37. The second-order valence-electron chi connectivity index (χ2n) is 8.77. The summed E-state index contributed by atoms with van der Waals surface area (Å²) < 4.78 is 46.1. The van der Waals surface area contributed by atoms with Crippen molar-refractivity contribution >= 4 is 39.2 Å². The molecule has 0 radical (unpaired) electrons. The fourth-order valence-electron chi connectivity index (χ4n) is 4.17. The molecule has 7 nitrogen and oxygen atoms in total. The average molecular weight is 576 g/mol. The maximum atomic E-state index is 13.7. The largest absolute Gasteiger partial charge is 0.351 e. The van der Waals surface area contributed by atoms with Gasteiger partial charge in [0.1, 0.15) is 5.82 Å². The van der Waals surface area contributed by atoms with Gasteiger partial charge in [-0.05, 0) is 74.0 Å². The molecule has 1 aromatic heterocycles. The Morgan fingerprint density at radius 3 is 2.21 bits per heavy atom. The minimum absolute atomic E-state index is 0.209. The Morgan fingerprint density at radius 1 is 1.03 bits per heavy atom. The molecule has 0 saturated carbocycles. The number of rotatable bonds is 8. The summed E-state index contributed by atoms with van der Waals surface area (Å²) in [5.41, 5.74) is 5.02. The zero-order valence-corrected chi connectivity index (χ0v) is 22.8. The number of hydrogen-bond donors (Lipinski definition) is 2. The highest BCUT2D eigenvalue weighted by molar-refractivity contribution is 7.85. The van der Waals surface area contributed by atoms with Gasteiger partial charge in [0.05, 0.1) is 23.2 Å². The van der Waals surface area contributed by atoms with E-state index in [0.717, 1.165) is 27.9 Å². The van der Waals surface area contributed by atoms with Gasteiger partial charge in [-0.1, -0.05) is 35.3 Å². The van der Waals surface area contributed by atoms with Gasteiger partial charge in [-0.3, -0.25) is 14.0 Å². The molecule has 0 bridgehead atoms. The molecule has 0 spiro atoms. The van der Waals surface area contributed by atoms with Crippen molar-refractivity contribution < 1.29 is 22.2 Å². The number of carbonyl (C=O) groups excluding carboxylic acids is 1. The molecule has 1 heterocycles. The number of nitrogens with one attached hydrogen (secondary N) is 1. The number of halogens is 3. The molecule has 1 amide bonds. The maximum Gasteiger partial charge on any atom is 0.266 e. The lowest BCUT2D eigenvalue weighted by atomic mass is 10.0. The molecule has 1 unspecified atom stereocenters. The zero-order chi connectivity index (χ0) is 27.6. The van der Waals surface area contributed by atoms with Gasteiger partial charge in [0.15, 0.2) is 0 Å². The van der Waals surface area contributed by atoms with Crippen molar-refractivity contribution in [1.82, 2.24) is 15.1 Å².